The smallest absolute Gasteiger partial charge is 0.201 e. The monoisotopic (exact) mass is 289 g/mol. The van der Waals surface area contributed by atoms with Crippen molar-refractivity contribution in [3.63, 3.8) is 0 Å². The van der Waals surface area contributed by atoms with Gasteiger partial charge in [0.2, 0.25) is 5.95 Å². The third-order valence-electron chi connectivity index (χ3n) is 4.04. The first-order valence-corrected chi connectivity index (χ1v) is 7.50. The van der Waals surface area contributed by atoms with E-state index in [2.05, 4.69) is 23.2 Å². The van der Waals surface area contributed by atoms with Crippen molar-refractivity contribution < 1.29 is 9.84 Å². The molecule has 0 amide bonds. The molecule has 0 atom stereocenters. The zero-order valence-electron chi connectivity index (χ0n) is 12.7. The van der Waals surface area contributed by atoms with Crippen molar-refractivity contribution in [3.8, 4) is 0 Å². The highest BCUT2D eigenvalue weighted by Gasteiger charge is 2.20. The Kier molecular flexibility index (Phi) is 3.63. The molecule has 3 rings (SSSR count). The topological polar surface area (TPSA) is 73.3 Å². The van der Waals surface area contributed by atoms with Crippen LogP contribution in [-0.4, -0.2) is 33.5 Å². The molecule has 0 unspecified atom stereocenters. The summed E-state index contributed by atoms with van der Waals surface area (Å²) >= 11 is 0. The number of nitrogens with two attached hydrogens (primary N) is 1. The van der Waals surface area contributed by atoms with Crippen LogP contribution >= 0.6 is 0 Å². The maximum atomic E-state index is 10.0. The van der Waals surface area contributed by atoms with Crippen LogP contribution in [0.4, 0.5) is 5.95 Å². The summed E-state index contributed by atoms with van der Waals surface area (Å²) in [6.07, 6.45) is 2.12. The molecule has 2 aromatic rings. The standard InChI is InChI=1S/C16H23N3O2/c1-16(2,20)10-19-14-4-3-12(9-13(14)18-15(19)17)11-5-7-21-8-6-11/h3-4,9,11,20H,5-8,10H2,1-2H3,(H2,17,18). The van der Waals surface area contributed by atoms with Crippen LogP contribution in [0.5, 0.6) is 0 Å². The number of fused-ring (bicyclic) bond motifs is 1. The maximum absolute atomic E-state index is 10.0. The predicted octanol–water partition coefficient (Wildman–Crippen LogP) is 2.28. The number of hydrogen-bond donors (Lipinski definition) is 2. The number of rotatable bonds is 3. The van der Waals surface area contributed by atoms with Gasteiger partial charge in [-0.15, -0.1) is 0 Å². The quantitative estimate of drug-likeness (QED) is 0.909. The molecule has 1 aromatic carbocycles. The van der Waals surface area contributed by atoms with E-state index in [0.29, 0.717) is 18.4 Å². The Hall–Kier alpha value is -1.59. The molecule has 0 radical (unpaired) electrons. The Morgan fingerprint density at radius 1 is 1.38 bits per heavy atom. The largest absolute Gasteiger partial charge is 0.389 e. The Bertz CT molecular complexity index is 637. The molecule has 21 heavy (non-hydrogen) atoms. The molecule has 0 saturated carbocycles. The normalized spacial score (nSPS) is 17.5. The first-order chi connectivity index (χ1) is 9.94. The van der Waals surface area contributed by atoms with Gasteiger partial charge in [-0.05, 0) is 50.3 Å². The molecule has 1 aromatic heterocycles. The van der Waals surface area contributed by atoms with Crippen molar-refractivity contribution >= 4 is 17.0 Å². The van der Waals surface area contributed by atoms with Crippen LogP contribution in [0.3, 0.4) is 0 Å². The number of imidazole rings is 1. The number of nitrogens with zero attached hydrogens (tertiary/aromatic N) is 2. The molecule has 114 valence electrons. The van der Waals surface area contributed by atoms with Crippen LogP contribution in [0.15, 0.2) is 18.2 Å². The van der Waals surface area contributed by atoms with Gasteiger partial charge < -0.3 is 20.1 Å². The number of nitrogen functional groups attached to an aromatic ring is 1. The third-order valence-corrected chi connectivity index (χ3v) is 4.04. The molecular weight excluding hydrogens is 266 g/mol. The first kappa shape index (κ1) is 14.4. The summed E-state index contributed by atoms with van der Waals surface area (Å²) in [5.41, 5.74) is 8.38. The van der Waals surface area contributed by atoms with Crippen LogP contribution in [-0.2, 0) is 11.3 Å². The highest BCUT2D eigenvalue weighted by molar-refractivity contribution is 5.79. The van der Waals surface area contributed by atoms with Gasteiger partial charge in [0.25, 0.3) is 0 Å². The number of anilines is 1. The van der Waals surface area contributed by atoms with E-state index in [9.17, 15) is 5.11 Å². The zero-order valence-corrected chi connectivity index (χ0v) is 12.7. The van der Waals surface area contributed by atoms with Gasteiger partial charge in [-0.2, -0.15) is 0 Å². The average Bonchev–Trinajstić information content (AvgIpc) is 2.74. The van der Waals surface area contributed by atoms with Crippen molar-refractivity contribution in [3.05, 3.63) is 23.8 Å². The molecule has 1 aliphatic heterocycles. The fourth-order valence-electron chi connectivity index (χ4n) is 3.00. The van der Waals surface area contributed by atoms with E-state index >= 15 is 0 Å². The number of benzene rings is 1. The minimum Gasteiger partial charge on any atom is -0.389 e. The number of hydrogen-bond acceptors (Lipinski definition) is 4. The molecule has 1 aliphatic rings. The van der Waals surface area contributed by atoms with Crippen molar-refractivity contribution in [2.24, 2.45) is 0 Å². The zero-order chi connectivity index (χ0) is 15.0. The highest BCUT2D eigenvalue weighted by atomic mass is 16.5. The van der Waals surface area contributed by atoms with Crippen molar-refractivity contribution in [2.75, 3.05) is 18.9 Å². The number of aromatic nitrogens is 2. The van der Waals surface area contributed by atoms with Crippen LogP contribution < -0.4 is 5.73 Å². The fourth-order valence-corrected chi connectivity index (χ4v) is 3.00. The molecular formula is C16H23N3O2. The minimum atomic E-state index is -0.818. The van der Waals surface area contributed by atoms with E-state index in [4.69, 9.17) is 10.5 Å². The Balaban J connectivity index is 1.96. The van der Waals surface area contributed by atoms with Gasteiger partial charge in [-0.1, -0.05) is 6.07 Å². The molecule has 0 bridgehead atoms. The summed E-state index contributed by atoms with van der Waals surface area (Å²) in [5, 5.41) is 10.0. The van der Waals surface area contributed by atoms with Crippen LogP contribution in [0, 0.1) is 0 Å². The lowest BCUT2D eigenvalue weighted by atomic mass is 9.91. The summed E-state index contributed by atoms with van der Waals surface area (Å²) in [6.45, 7) is 5.64. The van der Waals surface area contributed by atoms with Crippen LogP contribution in [0.2, 0.25) is 0 Å². The highest BCUT2D eigenvalue weighted by Crippen LogP contribution is 2.30. The lowest BCUT2D eigenvalue weighted by molar-refractivity contribution is 0.0632. The molecule has 1 saturated heterocycles. The predicted molar refractivity (Wildman–Crippen MR) is 83.2 cm³/mol. The van der Waals surface area contributed by atoms with Gasteiger partial charge in [0.15, 0.2) is 0 Å². The summed E-state index contributed by atoms with van der Waals surface area (Å²) in [5.74, 6) is 1.00. The summed E-state index contributed by atoms with van der Waals surface area (Å²) < 4.78 is 7.30. The third kappa shape index (κ3) is 3.04. The SMILES string of the molecule is CC(C)(O)Cn1c(N)nc2cc(C3CCOCC3)ccc21. The molecule has 3 N–H and O–H groups in total. The van der Waals surface area contributed by atoms with E-state index in [1.54, 1.807) is 13.8 Å². The van der Waals surface area contributed by atoms with E-state index in [1.807, 2.05) is 4.57 Å². The lowest BCUT2D eigenvalue weighted by Gasteiger charge is -2.22. The second-order valence-electron chi connectivity index (χ2n) is 6.50. The van der Waals surface area contributed by atoms with Gasteiger partial charge >= 0.3 is 0 Å². The second-order valence-corrected chi connectivity index (χ2v) is 6.50. The van der Waals surface area contributed by atoms with Crippen LogP contribution in [0.25, 0.3) is 11.0 Å². The van der Waals surface area contributed by atoms with Gasteiger partial charge in [0.05, 0.1) is 23.2 Å². The summed E-state index contributed by atoms with van der Waals surface area (Å²) in [6, 6.07) is 6.35. The molecule has 0 spiro atoms. The van der Waals surface area contributed by atoms with Crippen molar-refractivity contribution in [1.29, 1.82) is 0 Å². The molecule has 2 heterocycles. The summed E-state index contributed by atoms with van der Waals surface area (Å²) in [7, 11) is 0. The Morgan fingerprint density at radius 3 is 2.76 bits per heavy atom. The van der Waals surface area contributed by atoms with Gasteiger partial charge in [0, 0.05) is 13.2 Å². The first-order valence-electron chi connectivity index (χ1n) is 7.50. The molecule has 0 aliphatic carbocycles. The Morgan fingerprint density at radius 2 is 2.10 bits per heavy atom. The fraction of sp³-hybridized carbons (Fsp3) is 0.562. The summed E-state index contributed by atoms with van der Waals surface area (Å²) in [4.78, 5) is 4.45. The average molecular weight is 289 g/mol. The van der Waals surface area contributed by atoms with E-state index in [1.165, 1.54) is 5.56 Å². The van der Waals surface area contributed by atoms with E-state index in [-0.39, 0.29) is 0 Å². The molecule has 1 fully saturated rings. The minimum absolute atomic E-state index is 0.436. The second kappa shape index (κ2) is 5.31. The maximum Gasteiger partial charge on any atom is 0.201 e. The van der Waals surface area contributed by atoms with Crippen molar-refractivity contribution in [1.82, 2.24) is 9.55 Å². The Labute approximate surface area is 124 Å². The van der Waals surface area contributed by atoms with E-state index in [0.717, 1.165) is 37.1 Å². The molecule has 5 nitrogen and oxygen atoms in total. The van der Waals surface area contributed by atoms with E-state index < -0.39 is 5.60 Å². The number of ether oxygens (including phenoxy) is 1. The molecule has 5 heteroatoms. The van der Waals surface area contributed by atoms with Crippen LogP contribution in [0.1, 0.15) is 38.2 Å². The van der Waals surface area contributed by atoms with Gasteiger partial charge in [-0.3, -0.25) is 0 Å². The van der Waals surface area contributed by atoms with Crippen molar-refractivity contribution in [2.45, 2.75) is 44.8 Å². The number of aliphatic hydroxyl groups is 1. The van der Waals surface area contributed by atoms with Gasteiger partial charge in [-0.25, -0.2) is 4.98 Å². The van der Waals surface area contributed by atoms with Gasteiger partial charge in [0.1, 0.15) is 0 Å². The lowest BCUT2D eigenvalue weighted by Crippen LogP contribution is -2.26.